The molecule has 0 atom stereocenters. The van der Waals surface area contributed by atoms with E-state index < -0.39 is 6.09 Å². The van der Waals surface area contributed by atoms with Crippen LogP contribution in [0.15, 0.2) is 24.5 Å². The summed E-state index contributed by atoms with van der Waals surface area (Å²) in [6.07, 6.45) is 2.43. The minimum absolute atomic E-state index is 0.207. The van der Waals surface area contributed by atoms with Gasteiger partial charge in [0.1, 0.15) is 5.82 Å². The summed E-state index contributed by atoms with van der Waals surface area (Å²) in [7, 11) is 1.26. The molecule has 0 saturated heterocycles. The van der Waals surface area contributed by atoms with Gasteiger partial charge in [0.05, 0.1) is 25.2 Å². The molecule has 0 saturated carbocycles. The fourth-order valence-corrected chi connectivity index (χ4v) is 1.21. The van der Waals surface area contributed by atoms with Gasteiger partial charge >= 0.3 is 6.09 Å². The molecule has 0 bridgehead atoms. The summed E-state index contributed by atoms with van der Waals surface area (Å²) < 4.78 is 5.50. The molecular weight excluding hydrogens is 210 g/mol. The lowest BCUT2D eigenvalue weighted by Crippen LogP contribution is -2.15. The lowest BCUT2D eigenvalue weighted by molar-refractivity contribution is 0.170. The van der Waals surface area contributed by atoms with Gasteiger partial charge in [0.15, 0.2) is 0 Å². The highest BCUT2D eigenvalue weighted by Crippen LogP contribution is 2.18. The minimum atomic E-state index is -0.634. The number of ether oxygens (including phenoxy) is 1. The van der Waals surface area contributed by atoms with Gasteiger partial charge in [0.2, 0.25) is 0 Å². The third-order valence-corrected chi connectivity index (χ3v) is 1.96. The Bertz CT molecular complexity index is 508. The molecule has 0 aromatic carbocycles. The number of anilines is 1. The summed E-state index contributed by atoms with van der Waals surface area (Å²) in [6.45, 7) is 0. The maximum Gasteiger partial charge on any atom is 0.436 e. The van der Waals surface area contributed by atoms with Crippen molar-refractivity contribution in [1.29, 1.82) is 0 Å². The van der Waals surface area contributed by atoms with Crippen molar-refractivity contribution < 1.29 is 9.53 Å². The molecule has 16 heavy (non-hydrogen) atoms. The van der Waals surface area contributed by atoms with Crippen molar-refractivity contribution in [1.82, 2.24) is 20.0 Å². The molecule has 2 heterocycles. The average molecular weight is 219 g/mol. The van der Waals surface area contributed by atoms with E-state index >= 15 is 0 Å². The van der Waals surface area contributed by atoms with Crippen LogP contribution in [-0.4, -0.2) is 33.2 Å². The number of methoxy groups -OCH3 is 1. The van der Waals surface area contributed by atoms with E-state index in [1.54, 1.807) is 12.1 Å². The van der Waals surface area contributed by atoms with Crippen molar-refractivity contribution in [2.45, 2.75) is 0 Å². The summed E-state index contributed by atoms with van der Waals surface area (Å²) in [6, 6.07) is 3.28. The Kier molecular flexibility index (Phi) is 2.50. The van der Waals surface area contributed by atoms with Crippen LogP contribution in [0.25, 0.3) is 11.3 Å². The first kappa shape index (κ1) is 10.1. The minimum Gasteiger partial charge on any atom is -0.451 e. The van der Waals surface area contributed by atoms with Crippen molar-refractivity contribution in [3.63, 3.8) is 0 Å². The number of hydrogen-bond acceptors (Lipinski definition) is 6. The summed E-state index contributed by atoms with van der Waals surface area (Å²) in [5.74, 6) is 0.207. The summed E-state index contributed by atoms with van der Waals surface area (Å²) >= 11 is 0. The van der Waals surface area contributed by atoms with Crippen LogP contribution in [0.5, 0.6) is 0 Å². The predicted octanol–water partition coefficient (Wildman–Crippen LogP) is 0.537. The molecule has 82 valence electrons. The monoisotopic (exact) mass is 219 g/mol. The van der Waals surface area contributed by atoms with Crippen molar-refractivity contribution in [3.8, 4) is 11.3 Å². The maximum absolute atomic E-state index is 11.2. The third-order valence-electron chi connectivity index (χ3n) is 1.96. The maximum atomic E-state index is 11.2. The van der Waals surface area contributed by atoms with Crippen LogP contribution in [0, 0.1) is 0 Å². The molecule has 0 radical (unpaired) electrons. The zero-order chi connectivity index (χ0) is 11.5. The Morgan fingerprint density at radius 1 is 1.50 bits per heavy atom. The number of carbonyl (C=O) groups is 1. The largest absolute Gasteiger partial charge is 0.451 e. The van der Waals surface area contributed by atoms with E-state index in [0.717, 1.165) is 10.2 Å². The van der Waals surface area contributed by atoms with Crippen LogP contribution in [0.2, 0.25) is 0 Å². The normalized spacial score (nSPS) is 10.1. The van der Waals surface area contributed by atoms with E-state index in [4.69, 9.17) is 5.73 Å². The van der Waals surface area contributed by atoms with Crippen LogP contribution in [0.4, 0.5) is 10.6 Å². The molecule has 2 N–H and O–H groups in total. The molecule has 0 aliphatic rings. The highest BCUT2D eigenvalue weighted by atomic mass is 16.5. The van der Waals surface area contributed by atoms with E-state index in [2.05, 4.69) is 20.0 Å². The Morgan fingerprint density at radius 3 is 2.94 bits per heavy atom. The van der Waals surface area contributed by atoms with Gasteiger partial charge in [-0.1, -0.05) is 0 Å². The first-order valence-corrected chi connectivity index (χ1v) is 4.43. The number of hydrogen-bond donors (Lipinski definition) is 1. The number of nitrogens with two attached hydrogens (primary N) is 1. The van der Waals surface area contributed by atoms with Crippen LogP contribution >= 0.6 is 0 Å². The molecule has 0 fully saturated rings. The van der Waals surface area contributed by atoms with Gasteiger partial charge in [-0.2, -0.15) is 15.3 Å². The van der Waals surface area contributed by atoms with E-state index in [0.29, 0.717) is 5.69 Å². The number of nitrogen functional groups attached to an aromatic ring is 1. The molecule has 2 aromatic rings. The van der Waals surface area contributed by atoms with Crippen molar-refractivity contribution in [3.05, 3.63) is 24.5 Å². The molecule has 7 heteroatoms. The van der Waals surface area contributed by atoms with Gasteiger partial charge in [-0.3, -0.25) is 0 Å². The molecule has 2 rings (SSSR count). The fraction of sp³-hybridized carbons (Fsp3) is 0.111. The second-order valence-electron chi connectivity index (χ2n) is 2.97. The summed E-state index contributed by atoms with van der Waals surface area (Å²) in [5, 5.41) is 11.4. The zero-order valence-corrected chi connectivity index (χ0v) is 8.49. The fourth-order valence-electron chi connectivity index (χ4n) is 1.21. The lowest BCUT2D eigenvalue weighted by Gasteiger charge is -1.98. The Morgan fingerprint density at radius 2 is 2.31 bits per heavy atom. The van der Waals surface area contributed by atoms with Gasteiger partial charge in [0, 0.05) is 11.6 Å². The van der Waals surface area contributed by atoms with Gasteiger partial charge < -0.3 is 10.5 Å². The van der Waals surface area contributed by atoms with Crippen LogP contribution in [0.3, 0.4) is 0 Å². The standard InChI is InChI=1S/C9H9N5O2/c1-16-9(15)14-8(10)4-7(13-14)6-2-3-11-12-5-6/h2-5H,10H2,1H3. The molecule has 0 aliphatic carbocycles. The van der Waals surface area contributed by atoms with E-state index in [1.807, 2.05) is 0 Å². The van der Waals surface area contributed by atoms with Gasteiger partial charge in [-0.15, -0.1) is 4.68 Å². The second kappa shape index (κ2) is 3.97. The zero-order valence-electron chi connectivity index (χ0n) is 8.49. The first-order valence-electron chi connectivity index (χ1n) is 4.43. The summed E-state index contributed by atoms with van der Waals surface area (Å²) in [4.78, 5) is 11.2. The number of carbonyl (C=O) groups excluding carboxylic acids is 1. The molecule has 0 spiro atoms. The smallest absolute Gasteiger partial charge is 0.436 e. The van der Waals surface area contributed by atoms with E-state index in [1.165, 1.54) is 19.5 Å². The van der Waals surface area contributed by atoms with Crippen LogP contribution in [-0.2, 0) is 4.74 Å². The number of nitrogens with zero attached hydrogens (tertiary/aromatic N) is 4. The second-order valence-corrected chi connectivity index (χ2v) is 2.97. The Hall–Kier alpha value is -2.44. The van der Waals surface area contributed by atoms with Gasteiger partial charge in [0.25, 0.3) is 0 Å². The van der Waals surface area contributed by atoms with Crippen molar-refractivity contribution in [2.75, 3.05) is 12.8 Å². The highest BCUT2D eigenvalue weighted by molar-refractivity contribution is 5.75. The SMILES string of the molecule is COC(=O)n1nc(-c2ccnnc2)cc1N. The molecule has 0 aliphatic heterocycles. The van der Waals surface area contributed by atoms with Crippen molar-refractivity contribution >= 4 is 11.9 Å². The topological polar surface area (TPSA) is 95.9 Å². The Balaban J connectivity index is 2.42. The van der Waals surface area contributed by atoms with E-state index in [-0.39, 0.29) is 5.82 Å². The lowest BCUT2D eigenvalue weighted by atomic mass is 10.2. The number of rotatable bonds is 1. The molecule has 7 nitrogen and oxygen atoms in total. The molecule has 0 unspecified atom stereocenters. The van der Waals surface area contributed by atoms with Gasteiger partial charge in [-0.25, -0.2) is 4.79 Å². The highest BCUT2D eigenvalue weighted by Gasteiger charge is 2.13. The molecule has 0 amide bonds. The van der Waals surface area contributed by atoms with Gasteiger partial charge in [-0.05, 0) is 6.07 Å². The quantitative estimate of drug-likeness (QED) is 0.751. The molecule has 2 aromatic heterocycles. The van der Waals surface area contributed by atoms with E-state index in [9.17, 15) is 4.79 Å². The molecular formula is C9H9N5O2. The van der Waals surface area contributed by atoms with Crippen molar-refractivity contribution in [2.24, 2.45) is 0 Å². The predicted molar refractivity (Wildman–Crippen MR) is 55.5 cm³/mol. The first-order chi connectivity index (χ1) is 7.72. The summed E-state index contributed by atoms with van der Waals surface area (Å²) in [5.41, 5.74) is 6.88. The average Bonchev–Trinajstić information content (AvgIpc) is 2.71. The number of aromatic nitrogens is 4. The van der Waals surface area contributed by atoms with Crippen LogP contribution in [0.1, 0.15) is 0 Å². The third kappa shape index (κ3) is 1.70. The van der Waals surface area contributed by atoms with Crippen LogP contribution < -0.4 is 5.73 Å². The Labute approximate surface area is 90.8 Å².